The van der Waals surface area contributed by atoms with E-state index in [4.69, 9.17) is 0 Å². The molecule has 1 aromatic carbocycles. The molecule has 1 radical (unpaired) electrons. The predicted octanol–water partition coefficient (Wildman–Crippen LogP) is 1.87. The van der Waals surface area contributed by atoms with Gasteiger partial charge in [0.25, 0.3) is 0 Å². The topological polar surface area (TPSA) is 33.1 Å². The summed E-state index contributed by atoms with van der Waals surface area (Å²) in [6.07, 6.45) is 0. The molecular formula is C10H9KNO. The van der Waals surface area contributed by atoms with E-state index in [2.05, 4.69) is 4.98 Å². The maximum atomic E-state index is 9.43. The monoisotopic (exact) mass is 198 g/mol. The summed E-state index contributed by atoms with van der Waals surface area (Å²) in [4.78, 5) is 4.23. The van der Waals surface area contributed by atoms with Crippen LogP contribution in [0.3, 0.4) is 0 Å². The molecule has 1 aromatic heterocycles. The van der Waals surface area contributed by atoms with Gasteiger partial charge < -0.3 is 5.11 Å². The minimum absolute atomic E-state index is 0. The zero-order valence-electron chi connectivity index (χ0n) is 7.78. The van der Waals surface area contributed by atoms with Crippen LogP contribution in [-0.2, 0) is 0 Å². The van der Waals surface area contributed by atoms with Crippen LogP contribution in [0.4, 0.5) is 0 Å². The normalized spacial score (nSPS) is 9.62. The van der Waals surface area contributed by atoms with Gasteiger partial charge in [0.15, 0.2) is 0 Å². The maximum Gasteiger partial charge on any atom is 0.141 e. The van der Waals surface area contributed by atoms with Gasteiger partial charge in [0.2, 0.25) is 0 Å². The van der Waals surface area contributed by atoms with E-state index in [-0.39, 0.29) is 57.1 Å². The van der Waals surface area contributed by atoms with E-state index in [1.54, 1.807) is 6.07 Å². The van der Waals surface area contributed by atoms with E-state index >= 15 is 0 Å². The number of aryl methyl sites for hydroxylation is 1. The summed E-state index contributed by atoms with van der Waals surface area (Å²) in [5.41, 5.74) is 1.60. The Morgan fingerprint density at radius 1 is 1.15 bits per heavy atom. The number of phenols is 1. The van der Waals surface area contributed by atoms with Gasteiger partial charge in [-0.3, -0.25) is 0 Å². The smallest absolute Gasteiger partial charge is 0.141 e. The number of phenolic OH excluding ortho intramolecular Hbond substituents is 1. The van der Waals surface area contributed by atoms with Crippen LogP contribution in [0.1, 0.15) is 5.69 Å². The van der Waals surface area contributed by atoms with E-state index in [0.29, 0.717) is 5.52 Å². The number of para-hydroxylation sites is 1. The van der Waals surface area contributed by atoms with Gasteiger partial charge in [-0.25, -0.2) is 4.98 Å². The number of rotatable bonds is 0. The summed E-state index contributed by atoms with van der Waals surface area (Å²) in [6.45, 7) is 1.91. The van der Waals surface area contributed by atoms with Gasteiger partial charge in [0.1, 0.15) is 11.3 Å². The number of aromatic nitrogens is 1. The first-order valence-corrected chi connectivity index (χ1v) is 3.83. The Bertz CT molecular complexity index is 428. The van der Waals surface area contributed by atoms with Crippen LogP contribution in [0, 0.1) is 6.92 Å². The van der Waals surface area contributed by atoms with Crippen molar-refractivity contribution in [1.82, 2.24) is 4.98 Å². The largest absolute Gasteiger partial charge is 0.506 e. The van der Waals surface area contributed by atoms with Crippen molar-refractivity contribution >= 4 is 62.3 Å². The Morgan fingerprint density at radius 2 is 1.92 bits per heavy atom. The molecular weight excluding hydrogens is 189 g/mol. The maximum absolute atomic E-state index is 9.43. The SMILES string of the molecule is Cc1ccc2cccc(O)c2n1.[K]. The van der Waals surface area contributed by atoms with Crippen molar-refractivity contribution in [1.29, 1.82) is 0 Å². The van der Waals surface area contributed by atoms with Gasteiger partial charge >= 0.3 is 0 Å². The van der Waals surface area contributed by atoms with E-state index in [9.17, 15) is 5.11 Å². The minimum Gasteiger partial charge on any atom is -0.506 e. The van der Waals surface area contributed by atoms with Crippen molar-refractivity contribution in [3.63, 3.8) is 0 Å². The molecule has 0 aliphatic heterocycles. The van der Waals surface area contributed by atoms with Gasteiger partial charge in [0.05, 0.1) is 0 Å². The third-order valence-electron chi connectivity index (χ3n) is 1.84. The molecule has 0 spiro atoms. The Kier molecular flexibility index (Phi) is 3.88. The van der Waals surface area contributed by atoms with Crippen LogP contribution in [-0.4, -0.2) is 61.5 Å². The molecule has 0 amide bonds. The van der Waals surface area contributed by atoms with E-state index < -0.39 is 0 Å². The van der Waals surface area contributed by atoms with E-state index in [1.165, 1.54) is 0 Å². The van der Waals surface area contributed by atoms with E-state index in [0.717, 1.165) is 11.1 Å². The molecule has 0 saturated heterocycles. The molecule has 2 rings (SSSR count). The van der Waals surface area contributed by atoms with Crippen LogP contribution >= 0.6 is 0 Å². The summed E-state index contributed by atoms with van der Waals surface area (Å²) >= 11 is 0. The molecule has 0 fully saturated rings. The molecule has 0 atom stereocenters. The van der Waals surface area contributed by atoms with Gasteiger partial charge in [-0.2, -0.15) is 0 Å². The van der Waals surface area contributed by atoms with Crippen LogP contribution < -0.4 is 0 Å². The van der Waals surface area contributed by atoms with Crippen molar-refractivity contribution in [3.8, 4) is 5.75 Å². The molecule has 0 bridgehead atoms. The van der Waals surface area contributed by atoms with Crippen molar-refractivity contribution in [2.24, 2.45) is 0 Å². The molecule has 61 valence electrons. The standard InChI is InChI=1S/C10H9NO.K/c1-7-5-6-8-3-2-4-9(12)10(8)11-7;/h2-6,12H,1H3;. The fourth-order valence-corrected chi connectivity index (χ4v) is 1.23. The van der Waals surface area contributed by atoms with Gasteiger partial charge in [0, 0.05) is 62.5 Å². The molecule has 2 aromatic rings. The zero-order chi connectivity index (χ0) is 8.55. The summed E-state index contributed by atoms with van der Waals surface area (Å²) in [5.74, 6) is 0.246. The molecule has 2 nitrogen and oxygen atoms in total. The van der Waals surface area contributed by atoms with E-state index in [1.807, 2.05) is 31.2 Å². The number of hydrogen-bond donors (Lipinski definition) is 1. The van der Waals surface area contributed by atoms with Crippen molar-refractivity contribution in [2.45, 2.75) is 6.92 Å². The second-order valence-electron chi connectivity index (χ2n) is 2.80. The molecule has 0 unspecified atom stereocenters. The van der Waals surface area contributed by atoms with Gasteiger partial charge in [-0.15, -0.1) is 0 Å². The zero-order valence-corrected chi connectivity index (χ0v) is 10.9. The minimum atomic E-state index is 0. The summed E-state index contributed by atoms with van der Waals surface area (Å²) < 4.78 is 0. The first kappa shape index (κ1) is 11.1. The molecule has 0 saturated carbocycles. The summed E-state index contributed by atoms with van der Waals surface area (Å²) in [5, 5.41) is 10.4. The van der Waals surface area contributed by atoms with Gasteiger partial charge in [-0.05, 0) is 19.1 Å². The molecule has 1 heterocycles. The summed E-state index contributed by atoms with van der Waals surface area (Å²) in [7, 11) is 0. The van der Waals surface area contributed by atoms with Crippen LogP contribution in [0.15, 0.2) is 30.3 Å². The fraction of sp³-hybridized carbons (Fsp3) is 0.100. The number of pyridine rings is 1. The Labute approximate surface area is 119 Å². The van der Waals surface area contributed by atoms with Crippen molar-refractivity contribution in [2.75, 3.05) is 0 Å². The quantitative estimate of drug-likeness (QED) is 0.655. The van der Waals surface area contributed by atoms with Crippen LogP contribution in [0.25, 0.3) is 10.9 Å². The average molecular weight is 198 g/mol. The Balaban J connectivity index is 0.000000845. The number of benzene rings is 1. The van der Waals surface area contributed by atoms with Crippen LogP contribution in [0.2, 0.25) is 0 Å². The predicted molar refractivity (Wildman–Crippen MR) is 53.9 cm³/mol. The molecule has 1 N–H and O–H groups in total. The number of aromatic hydroxyl groups is 1. The third kappa shape index (κ3) is 2.30. The Morgan fingerprint density at radius 3 is 2.69 bits per heavy atom. The number of hydrogen-bond acceptors (Lipinski definition) is 2. The second kappa shape index (κ2) is 4.53. The second-order valence-corrected chi connectivity index (χ2v) is 2.80. The number of fused-ring (bicyclic) bond motifs is 1. The van der Waals surface area contributed by atoms with Crippen molar-refractivity contribution < 1.29 is 5.11 Å². The van der Waals surface area contributed by atoms with Crippen molar-refractivity contribution in [3.05, 3.63) is 36.0 Å². The Hall–Kier alpha value is 0.0664. The third-order valence-corrected chi connectivity index (χ3v) is 1.84. The average Bonchev–Trinajstić information content (AvgIpc) is 2.07. The fourth-order valence-electron chi connectivity index (χ4n) is 1.23. The summed E-state index contributed by atoms with van der Waals surface area (Å²) in [6, 6.07) is 9.28. The molecule has 0 aliphatic rings. The molecule has 3 heteroatoms. The molecule has 13 heavy (non-hydrogen) atoms. The van der Waals surface area contributed by atoms with Crippen LogP contribution in [0.5, 0.6) is 5.75 Å². The van der Waals surface area contributed by atoms with Gasteiger partial charge in [-0.1, -0.05) is 18.2 Å². The first-order valence-electron chi connectivity index (χ1n) is 3.83. The first-order chi connectivity index (χ1) is 5.77. The number of nitrogens with zero attached hydrogens (tertiary/aromatic N) is 1. The molecule has 0 aliphatic carbocycles.